The van der Waals surface area contributed by atoms with Crippen molar-refractivity contribution >= 4 is 5.91 Å². The number of para-hydroxylation sites is 1. The average Bonchev–Trinajstić information content (AvgIpc) is 2.85. The van der Waals surface area contributed by atoms with Gasteiger partial charge in [0.25, 0.3) is 0 Å². The van der Waals surface area contributed by atoms with Gasteiger partial charge in [-0.05, 0) is 18.1 Å². The van der Waals surface area contributed by atoms with Crippen molar-refractivity contribution < 1.29 is 14.3 Å². The Hall–Kier alpha value is -1.59. The Morgan fingerprint density at radius 2 is 2.26 bits per heavy atom. The minimum absolute atomic E-state index is 0.0279. The first-order chi connectivity index (χ1) is 9.22. The van der Waals surface area contributed by atoms with Crippen molar-refractivity contribution in [2.45, 2.75) is 12.5 Å². The SMILES string of the molecule is COc1ccccc1CCNC(=O)C1COCC1N. The number of amides is 1. The van der Waals surface area contributed by atoms with Gasteiger partial charge >= 0.3 is 0 Å². The predicted molar refractivity (Wildman–Crippen MR) is 72.0 cm³/mol. The molecule has 19 heavy (non-hydrogen) atoms. The van der Waals surface area contributed by atoms with Crippen molar-refractivity contribution in [3.05, 3.63) is 29.8 Å². The maximum atomic E-state index is 11.9. The van der Waals surface area contributed by atoms with Crippen LogP contribution >= 0.6 is 0 Å². The number of nitrogens with two attached hydrogens (primary N) is 1. The van der Waals surface area contributed by atoms with Crippen LogP contribution in [0.25, 0.3) is 0 Å². The maximum absolute atomic E-state index is 11.9. The van der Waals surface area contributed by atoms with Crippen LogP contribution in [-0.2, 0) is 16.0 Å². The molecule has 2 atom stereocenters. The number of benzene rings is 1. The molecule has 0 aromatic heterocycles. The van der Waals surface area contributed by atoms with E-state index in [1.54, 1.807) is 7.11 Å². The first-order valence-electron chi connectivity index (χ1n) is 6.45. The Morgan fingerprint density at radius 3 is 2.95 bits per heavy atom. The van der Waals surface area contributed by atoms with E-state index in [-0.39, 0.29) is 17.9 Å². The van der Waals surface area contributed by atoms with Gasteiger partial charge in [-0.25, -0.2) is 0 Å². The van der Waals surface area contributed by atoms with Gasteiger partial charge in [0.2, 0.25) is 5.91 Å². The Bertz CT molecular complexity index is 436. The van der Waals surface area contributed by atoms with Crippen LogP contribution in [0.4, 0.5) is 0 Å². The summed E-state index contributed by atoms with van der Waals surface area (Å²) in [6.07, 6.45) is 0.735. The van der Waals surface area contributed by atoms with E-state index in [0.717, 1.165) is 17.7 Å². The summed E-state index contributed by atoms with van der Waals surface area (Å²) >= 11 is 0. The fourth-order valence-electron chi connectivity index (χ4n) is 2.20. The molecule has 0 saturated carbocycles. The summed E-state index contributed by atoms with van der Waals surface area (Å²) in [6.45, 7) is 1.45. The molecule has 3 N–H and O–H groups in total. The zero-order valence-corrected chi connectivity index (χ0v) is 11.1. The highest BCUT2D eigenvalue weighted by Crippen LogP contribution is 2.17. The van der Waals surface area contributed by atoms with Crippen LogP contribution in [0.15, 0.2) is 24.3 Å². The van der Waals surface area contributed by atoms with Gasteiger partial charge in [-0.1, -0.05) is 18.2 Å². The van der Waals surface area contributed by atoms with Gasteiger partial charge in [-0.2, -0.15) is 0 Å². The molecule has 1 amide bonds. The lowest BCUT2D eigenvalue weighted by molar-refractivity contribution is -0.125. The zero-order valence-electron chi connectivity index (χ0n) is 11.1. The lowest BCUT2D eigenvalue weighted by atomic mass is 10.0. The van der Waals surface area contributed by atoms with Gasteiger partial charge in [0.05, 0.1) is 26.2 Å². The highest BCUT2D eigenvalue weighted by molar-refractivity contribution is 5.79. The van der Waals surface area contributed by atoms with E-state index in [9.17, 15) is 4.79 Å². The van der Waals surface area contributed by atoms with Crippen LogP contribution in [0.5, 0.6) is 5.75 Å². The Morgan fingerprint density at radius 1 is 1.47 bits per heavy atom. The molecule has 1 heterocycles. The number of nitrogens with one attached hydrogen (secondary N) is 1. The third-order valence-corrected chi connectivity index (χ3v) is 3.35. The molecule has 0 aliphatic carbocycles. The normalized spacial score (nSPS) is 22.2. The van der Waals surface area contributed by atoms with Crippen LogP contribution in [0.2, 0.25) is 0 Å². The van der Waals surface area contributed by atoms with Crippen molar-refractivity contribution in [2.75, 3.05) is 26.9 Å². The summed E-state index contributed by atoms with van der Waals surface area (Å²) in [5.74, 6) is 0.593. The fraction of sp³-hybridized carbons (Fsp3) is 0.500. The predicted octanol–water partition coefficient (Wildman–Crippen LogP) is 0.328. The Balaban J connectivity index is 1.81. The molecule has 1 saturated heterocycles. The topological polar surface area (TPSA) is 73.6 Å². The summed E-state index contributed by atoms with van der Waals surface area (Å²) in [7, 11) is 1.65. The lowest BCUT2D eigenvalue weighted by Gasteiger charge is -2.14. The van der Waals surface area contributed by atoms with Crippen molar-refractivity contribution in [1.82, 2.24) is 5.32 Å². The molecule has 0 radical (unpaired) electrons. The number of methoxy groups -OCH3 is 1. The second-order valence-corrected chi connectivity index (χ2v) is 4.66. The van der Waals surface area contributed by atoms with Gasteiger partial charge in [0.15, 0.2) is 0 Å². The van der Waals surface area contributed by atoms with E-state index < -0.39 is 0 Å². The number of rotatable bonds is 5. The first kappa shape index (κ1) is 13.8. The molecule has 1 aliphatic heterocycles. The van der Waals surface area contributed by atoms with Gasteiger partial charge in [-0.3, -0.25) is 4.79 Å². The minimum Gasteiger partial charge on any atom is -0.496 e. The molecular weight excluding hydrogens is 244 g/mol. The Labute approximate surface area is 113 Å². The van der Waals surface area contributed by atoms with Crippen molar-refractivity contribution in [3.63, 3.8) is 0 Å². The molecule has 5 heteroatoms. The molecule has 1 aliphatic rings. The van der Waals surface area contributed by atoms with Crippen LogP contribution in [-0.4, -0.2) is 38.8 Å². The third kappa shape index (κ3) is 3.45. The number of hydrogen-bond donors (Lipinski definition) is 2. The second-order valence-electron chi connectivity index (χ2n) is 4.66. The number of carbonyl (C=O) groups excluding carboxylic acids is 1. The summed E-state index contributed by atoms with van der Waals surface area (Å²) in [5.41, 5.74) is 6.88. The molecule has 104 valence electrons. The second kappa shape index (κ2) is 6.54. The largest absolute Gasteiger partial charge is 0.496 e. The summed E-state index contributed by atoms with van der Waals surface area (Å²) < 4.78 is 10.5. The van der Waals surface area contributed by atoms with Gasteiger partial charge in [-0.15, -0.1) is 0 Å². The molecule has 2 unspecified atom stereocenters. The number of carbonyl (C=O) groups is 1. The van der Waals surface area contributed by atoms with Crippen LogP contribution in [0.3, 0.4) is 0 Å². The van der Waals surface area contributed by atoms with E-state index in [4.69, 9.17) is 15.2 Å². The number of ether oxygens (including phenoxy) is 2. The first-order valence-corrected chi connectivity index (χ1v) is 6.45. The van der Waals surface area contributed by atoms with Crippen LogP contribution in [0.1, 0.15) is 5.56 Å². The van der Waals surface area contributed by atoms with Crippen molar-refractivity contribution in [2.24, 2.45) is 11.7 Å². The molecule has 2 rings (SSSR count). The average molecular weight is 264 g/mol. The zero-order chi connectivity index (χ0) is 13.7. The molecule has 5 nitrogen and oxygen atoms in total. The highest BCUT2D eigenvalue weighted by Gasteiger charge is 2.30. The van der Waals surface area contributed by atoms with E-state index in [2.05, 4.69) is 5.32 Å². The molecule has 1 aromatic carbocycles. The molecule has 0 bridgehead atoms. The van der Waals surface area contributed by atoms with Crippen LogP contribution in [0, 0.1) is 5.92 Å². The van der Waals surface area contributed by atoms with Crippen molar-refractivity contribution in [3.8, 4) is 5.75 Å². The molecule has 1 aromatic rings. The maximum Gasteiger partial charge on any atom is 0.227 e. The molecular formula is C14H20N2O3. The summed E-state index contributed by atoms with van der Waals surface area (Å²) in [6, 6.07) is 7.61. The minimum atomic E-state index is -0.224. The summed E-state index contributed by atoms with van der Waals surface area (Å²) in [4.78, 5) is 11.9. The standard InChI is InChI=1S/C14H20N2O3/c1-18-13-5-3-2-4-10(13)6-7-16-14(17)11-8-19-9-12(11)15/h2-5,11-12H,6-9,15H2,1H3,(H,16,17). The van der Waals surface area contributed by atoms with E-state index in [1.165, 1.54) is 0 Å². The van der Waals surface area contributed by atoms with E-state index >= 15 is 0 Å². The Kier molecular flexibility index (Phi) is 4.76. The van der Waals surface area contributed by atoms with Gasteiger partial charge < -0.3 is 20.5 Å². The smallest absolute Gasteiger partial charge is 0.227 e. The van der Waals surface area contributed by atoms with Crippen molar-refractivity contribution in [1.29, 1.82) is 0 Å². The van der Waals surface area contributed by atoms with Crippen LogP contribution < -0.4 is 15.8 Å². The monoisotopic (exact) mass is 264 g/mol. The molecule has 1 fully saturated rings. The fourth-order valence-corrected chi connectivity index (χ4v) is 2.20. The third-order valence-electron chi connectivity index (χ3n) is 3.35. The van der Waals surface area contributed by atoms with Gasteiger partial charge in [0.1, 0.15) is 5.75 Å². The summed E-state index contributed by atoms with van der Waals surface area (Å²) in [5, 5.41) is 2.90. The molecule has 0 spiro atoms. The quantitative estimate of drug-likeness (QED) is 0.803. The van der Waals surface area contributed by atoms with E-state index in [0.29, 0.717) is 19.8 Å². The lowest BCUT2D eigenvalue weighted by Crippen LogP contribution is -2.41. The number of hydrogen-bond acceptors (Lipinski definition) is 4. The van der Waals surface area contributed by atoms with Gasteiger partial charge in [0, 0.05) is 12.6 Å². The highest BCUT2D eigenvalue weighted by atomic mass is 16.5. The van der Waals surface area contributed by atoms with E-state index in [1.807, 2.05) is 24.3 Å².